The highest BCUT2D eigenvalue weighted by Gasteiger charge is 2.14. The third kappa shape index (κ3) is 3.92. The van der Waals surface area contributed by atoms with Crippen LogP contribution >= 0.6 is 0 Å². The molecule has 1 aromatic carbocycles. The Morgan fingerprint density at radius 1 is 1.15 bits per heavy atom. The molecule has 0 aliphatic rings. The van der Waals surface area contributed by atoms with Crippen molar-refractivity contribution in [2.24, 2.45) is 0 Å². The Bertz CT molecular complexity index is 542. The molecule has 0 N–H and O–H groups in total. The van der Waals surface area contributed by atoms with Crippen LogP contribution in [0, 0.1) is 0 Å². The predicted molar refractivity (Wildman–Crippen MR) is 81.2 cm³/mol. The monoisotopic (exact) mass is 274 g/mol. The van der Waals surface area contributed by atoms with Gasteiger partial charge in [0, 0.05) is 5.39 Å². The molecule has 2 aromatic rings. The summed E-state index contributed by atoms with van der Waals surface area (Å²) in [6.45, 7) is 2.33. The van der Waals surface area contributed by atoms with Crippen molar-refractivity contribution in [1.29, 1.82) is 0 Å². The highest BCUT2D eigenvalue weighted by molar-refractivity contribution is 5.98. The molecule has 2 rings (SSSR count). The van der Waals surface area contributed by atoms with Gasteiger partial charge in [0.1, 0.15) is 5.58 Å². The standard InChI is InChI=1S/C16H22N2O2/c1-17(2)9-6-10-18(3)12-14(19)16-11-13-7-4-5-8-15(13)20-16/h4-5,7-8,11H,6,9-10,12H2,1-3H3. The first-order chi connectivity index (χ1) is 9.56. The maximum Gasteiger partial charge on any atom is 0.211 e. The summed E-state index contributed by atoms with van der Waals surface area (Å²) in [5.74, 6) is 0.485. The topological polar surface area (TPSA) is 36.7 Å². The van der Waals surface area contributed by atoms with Crippen molar-refractivity contribution >= 4 is 16.8 Å². The molecule has 0 radical (unpaired) electrons. The van der Waals surface area contributed by atoms with E-state index in [0.717, 1.165) is 30.5 Å². The lowest BCUT2D eigenvalue weighted by Gasteiger charge is -2.16. The summed E-state index contributed by atoms with van der Waals surface area (Å²) in [7, 11) is 6.08. The molecule has 0 bridgehead atoms. The fourth-order valence-corrected chi connectivity index (χ4v) is 2.18. The van der Waals surface area contributed by atoms with E-state index in [9.17, 15) is 4.79 Å². The first kappa shape index (κ1) is 14.8. The molecule has 0 aliphatic heterocycles. The van der Waals surface area contributed by atoms with Crippen LogP contribution in [-0.2, 0) is 0 Å². The lowest BCUT2D eigenvalue weighted by Crippen LogP contribution is -2.28. The van der Waals surface area contributed by atoms with Crippen LogP contribution in [-0.4, -0.2) is 56.4 Å². The number of furan rings is 1. The van der Waals surface area contributed by atoms with Gasteiger partial charge in [-0.15, -0.1) is 0 Å². The van der Waals surface area contributed by atoms with Crippen molar-refractivity contribution in [3.8, 4) is 0 Å². The zero-order valence-electron chi connectivity index (χ0n) is 12.4. The number of hydrogen-bond donors (Lipinski definition) is 0. The van der Waals surface area contributed by atoms with E-state index in [0.29, 0.717) is 12.3 Å². The van der Waals surface area contributed by atoms with Crippen molar-refractivity contribution < 1.29 is 9.21 Å². The SMILES string of the molecule is CN(C)CCCN(C)CC(=O)c1cc2ccccc2o1. The minimum atomic E-state index is 0.0357. The second kappa shape index (κ2) is 6.68. The van der Waals surface area contributed by atoms with E-state index >= 15 is 0 Å². The van der Waals surface area contributed by atoms with Crippen molar-refractivity contribution in [1.82, 2.24) is 9.80 Å². The van der Waals surface area contributed by atoms with Gasteiger partial charge in [0.05, 0.1) is 6.54 Å². The van der Waals surface area contributed by atoms with Crippen molar-refractivity contribution in [2.75, 3.05) is 40.8 Å². The Morgan fingerprint density at radius 2 is 1.90 bits per heavy atom. The summed E-state index contributed by atoms with van der Waals surface area (Å²) in [6.07, 6.45) is 1.05. The number of Topliss-reactive ketones (excluding diaryl/α,β-unsaturated/α-hetero) is 1. The van der Waals surface area contributed by atoms with Crippen LogP contribution in [0.15, 0.2) is 34.7 Å². The molecule has 0 unspecified atom stereocenters. The van der Waals surface area contributed by atoms with Crippen molar-refractivity contribution in [3.05, 3.63) is 36.1 Å². The molecular formula is C16H22N2O2. The number of hydrogen-bond acceptors (Lipinski definition) is 4. The van der Waals surface area contributed by atoms with Crippen LogP contribution in [0.5, 0.6) is 0 Å². The summed E-state index contributed by atoms with van der Waals surface area (Å²) in [5.41, 5.74) is 0.770. The van der Waals surface area contributed by atoms with Gasteiger partial charge >= 0.3 is 0 Å². The third-order valence-corrected chi connectivity index (χ3v) is 3.26. The maximum absolute atomic E-state index is 12.2. The van der Waals surface area contributed by atoms with Crippen molar-refractivity contribution in [2.45, 2.75) is 6.42 Å². The number of ketones is 1. The van der Waals surface area contributed by atoms with E-state index in [2.05, 4.69) is 19.0 Å². The molecule has 0 saturated carbocycles. The summed E-state index contributed by atoms with van der Waals surface area (Å²) in [6, 6.07) is 9.52. The molecule has 4 nitrogen and oxygen atoms in total. The normalized spacial score (nSPS) is 11.7. The molecule has 108 valence electrons. The fraction of sp³-hybridized carbons (Fsp3) is 0.438. The van der Waals surface area contributed by atoms with E-state index in [1.54, 1.807) is 0 Å². The lowest BCUT2D eigenvalue weighted by molar-refractivity contribution is 0.0919. The van der Waals surface area contributed by atoms with Crippen LogP contribution in [0.3, 0.4) is 0 Å². The van der Waals surface area contributed by atoms with Crippen molar-refractivity contribution in [3.63, 3.8) is 0 Å². The first-order valence-electron chi connectivity index (χ1n) is 6.91. The van der Waals surface area contributed by atoms with Gasteiger partial charge in [-0.1, -0.05) is 18.2 Å². The van der Waals surface area contributed by atoms with Crippen LogP contribution < -0.4 is 0 Å². The predicted octanol–water partition coefficient (Wildman–Crippen LogP) is 2.50. The van der Waals surface area contributed by atoms with Gasteiger partial charge in [-0.2, -0.15) is 0 Å². The van der Waals surface area contributed by atoms with E-state index in [-0.39, 0.29) is 5.78 Å². The van der Waals surface area contributed by atoms with Gasteiger partial charge in [-0.3, -0.25) is 9.69 Å². The molecule has 0 spiro atoms. The number of rotatable bonds is 7. The molecular weight excluding hydrogens is 252 g/mol. The average molecular weight is 274 g/mol. The number of carbonyl (C=O) groups is 1. The molecule has 4 heteroatoms. The van der Waals surface area contributed by atoms with Crippen LogP contribution in [0.25, 0.3) is 11.0 Å². The zero-order chi connectivity index (χ0) is 14.5. The quantitative estimate of drug-likeness (QED) is 0.727. The summed E-state index contributed by atoms with van der Waals surface area (Å²) < 4.78 is 5.59. The Kier molecular flexibility index (Phi) is 4.93. The zero-order valence-corrected chi connectivity index (χ0v) is 12.4. The van der Waals surface area contributed by atoms with Gasteiger partial charge in [-0.25, -0.2) is 0 Å². The van der Waals surface area contributed by atoms with E-state index in [1.807, 2.05) is 42.3 Å². The van der Waals surface area contributed by atoms with E-state index in [4.69, 9.17) is 4.42 Å². The largest absolute Gasteiger partial charge is 0.453 e. The smallest absolute Gasteiger partial charge is 0.211 e. The highest BCUT2D eigenvalue weighted by Crippen LogP contribution is 2.19. The second-order valence-corrected chi connectivity index (χ2v) is 5.47. The first-order valence-corrected chi connectivity index (χ1v) is 6.91. The number of fused-ring (bicyclic) bond motifs is 1. The number of nitrogens with zero attached hydrogens (tertiary/aromatic N) is 2. The second-order valence-electron chi connectivity index (χ2n) is 5.47. The molecule has 0 amide bonds. The molecule has 0 fully saturated rings. The Labute approximate surface area is 120 Å². The van der Waals surface area contributed by atoms with Crippen LogP contribution in [0.1, 0.15) is 17.0 Å². The molecule has 0 saturated heterocycles. The molecule has 20 heavy (non-hydrogen) atoms. The number of likely N-dealkylation sites (N-methyl/N-ethyl adjacent to an activating group) is 1. The number of para-hydroxylation sites is 1. The Hall–Kier alpha value is -1.65. The molecule has 0 atom stereocenters. The lowest BCUT2D eigenvalue weighted by atomic mass is 10.2. The Morgan fingerprint density at radius 3 is 2.60 bits per heavy atom. The summed E-state index contributed by atoms with van der Waals surface area (Å²) in [5, 5.41) is 0.978. The molecule has 0 aliphatic carbocycles. The summed E-state index contributed by atoms with van der Waals surface area (Å²) in [4.78, 5) is 16.4. The fourth-order valence-electron chi connectivity index (χ4n) is 2.18. The minimum absolute atomic E-state index is 0.0357. The van der Waals surface area contributed by atoms with Gasteiger partial charge in [0.2, 0.25) is 5.78 Å². The maximum atomic E-state index is 12.2. The van der Waals surface area contributed by atoms with Crippen LogP contribution in [0.4, 0.5) is 0 Å². The van der Waals surface area contributed by atoms with E-state index < -0.39 is 0 Å². The third-order valence-electron chi connectivity index (χ3n) is 3.26. The van der Waals surface area contributed by atoms with Gasteiger partial charge in [0.25, 0.3) is 0 Å². The summed E-state index contributed by atoms with van der Waals surface area (Å²) >= 11 is 0. The van der Waals surface area contributed by atoms with Gasteiger partial charge < -0.3 is 9.32 Å². The average Bonchev–Trinajstić information content (AvgIpc) is 2.82. The van der Waals surface area contributed by atoms with Crippen LogP contribution in [0.2, 0.25) is 0 Å². The van der Waals surface area contributed by atoms with Gasteiger partial charge in [0.15, 0.2) is 5.76 Å². The number of benzene rings is 1. The number of carbonyl (C=O) groups excluding carboxylic acids is 1. The van der Waals surface area contributed by atoms with Gasteiger partial charge in [-0.05, 0) is 52.8 Å². The minimum Gasteiger partial charge on any atom is -0.453 e. The highest BCUT2D eigenvalue weighted by atomic mass is 16.3. The molecule has 1 heterocycles. The van der Waals surface area contributed by atoms with E-state index in [1.165, 1.54) is 0 Å². The molecule has 1 aromatic heterocycles. The Balaban J connectivity index is 1.90.